The Morgan fingerprint density at radius 3 is 2.65 bits per heavy atom. The van der Waals surface area contributed by atoms with Gasteiger partial charge >= 0.3 is 0 Å². The topological polar surface area (TPSA) is 74.1 Å². The number of benzene rings is 1. The number of nitrogens with one attached hydrogen (secondary N) is 1. The third kappa shape index (κ3) is 3.48. The Labute approximate surface area is 153 Å². The Morgan fingerprint density at radius 1 is 1.19 bits per heavy atom. The second-order valence-electron chi connectivity index (χ2n) is 6.34. The maximum absolute atomic E-state index is 5.33. The van der Waals surface area contributed by atoms with Crippen molar-refractivity contribution in [2.24, 2.45) is 0 Å². The van der Waals surface area contributed by atoms with Gasteiger partial charge in [-0.05, 0) is 50.1 Å². The van der Waals surface area contributed by atoms with Crippen molar-refractivity contribution >= 4 is 22.5 Å². The fraction of sp³-hybridized carbons (Fsp3) is 0.421. The molecule has 0 spiro atoms. The average Bonchev–Trinajstić information content (AvgIpc) is 3.05. The molecule has 0 saturated heterocycles. The summed E-state index contributed by atoms with van der Waals surface area (Å²) >= 11 is 0. The van der Waals surface area contributed by atoms with E-state index in [1.54, 1.807) is 14.2 Å². The summed E-state index contributed by atoms with van der Waals surface area (Å²) in [5.74, 6) is 1.53. The summed E-state index contributed by atoms with van der Waals surface area (Å²) in [6.45, 7) is 6.71. The van der Waals surface area contributed by atoms with E-state index in [0.717, 1.165) is 40.1 Å². The van der Waals surface area contributed by atoms with E-state index in [2.05, 4.69) is 27.5 Å². The zero-order valence-electron chi connectivity index (χ0n) is 15.9. The number of methoxy groups -OCH3 is 2. The molecule has 0 aliphatic heterocycles. The Bertz CT molecular complexity index is 906. The van der Waals surface area contributed by atoms with E-state index in [1.165, 1.54) is 0 Å². The van der Waals surface area contributed by atoms with Gasteiger partial charge in [0.2, 0.25) is 0 Å². The smallest absolute Gasteiger partial charge is 0.160 e. The Kier molecular flexibility index (Phi) is 5.37. The molecule has 0 aliphatic carbocycles. The van der Waals surface area contributed by atoms with Crippen LogP contribution in [-0.2, 0) is 4.74 Å². The fourth-order valence-electron chi connectivity index (χ4n) is 3.01. The molecule has 3 aromatic rings. The third-order valence-corrected chi connectivity index (χ3v) is 4.45. The molecule has 0 radical (unpaired) electrons. The van der Waals surface area contributed by atoms with E-state index < -0.39 is 0 Å². The van der Waals surface area contributed by atoms with Gasteiger partial charge in [-0.1, -0.05) is 12.1 Å². The van der Waals surface area contributed by atoms with E-state index in [0.29, 0.717) is 12.4 Å². The lowest BCUT2D eigenvalue weighted by molar-refractivity contribution is 0.148. The standard InChI is InChI=1S/C19H25N5O2/c1-6-14(11-25-4)24-17-10-13(3)20-19(18(17)22-23-24)21-16-8-7-15(26-5)9-12(16)2/h7-10,14H,6,11H2,1-5H3,(H,20,21)/t14-/m1/s1. The Hall–Kier alpha value is -2.67. The molecular weight excluding hydrogens is 330 g/mol. The van der Waals surface area contributed by atoms with E-state index in [9.17, 15) is 0 Å². The van der Waals surface area contributed by atoms with Crippen LogP contribution < -0.4 is 10.1 Å². The van der Waals surface area contributed by atoms with Crippen LogP contribution in [0.15, 0.2) is 24.3 Å². The summed E-state index contributed by atoms with van der Waals surface area (Å²) in [5.41, 5.74) is 4.64. The predicted octanol–water partition coefficient (Wildman–Crippen LogP) is 3.79. The first-order valence-corrected chi connectivity index (χ1v) is 8.70. The van der Waals surface area contributed by atoms with Gasteiger partial charge in [-0.15, -0.1) is 5.10 Å². The van der Waals surface area contributed by atoms with Crippen molar-refractivity contribution in [1.82, 2.24) is 20.0 Å². The summed E-state index contributed by atoms with van der Waals surface area (Å²) < 4.78 is 12.5. The molecule has 1 aromatic carbocycles. The van der Waals surface area contributed by atoms with Crippen LogP contribution in [0.25, 0.3) is 11.0 Å². The van der Waals surface area contributed by atoms with Gasteiger partial charge in [-0.2, -0.15) is 0 Å². The number of aryl methyl sites for hydroxylation is 2. The molecular formula is C19H25N5O2. The lowest BCUT2D eigenvalue weighted by Gasteiger charge is -2.15. The fourth-order valence-corrected chi connectivity index (χ4v) is 3.01. The number of nitrogens with zero attached hydrogens (tertiary/aromatic N) is 4. The Balaban J connectivity index is 2.03. The van der Waals surface area contributed by atoms with Crippen LogP contribution in [0, 0.1) is 13.8 Å². The first kappa shape index (κ1) is 18.1. The highest BCUT2D eigenvalue weighted by molar-refractivity contribution is 5.88. The van der Waals surface area contributed by atoms with Crippen LogP contribution in [0.4, 0.5) is 11.5 Å². The largest absolute Gasteiger partial charge is 0.497 e. The van der Waals surface area contributed by atoms with Crippen LogP contribution in [0.5, 0.6) is 5.75 Å². The molecule has 0 bridgehead atoms. The molecule has 2 heterocycles. The van der Waals surface area contributed by atoms with Crippen LogP contribution in [-0.4, -0.2) is 40.8 Å². The number of rotatable bonds is 7. The third-order valence-electron chi connectivity index (χ3n) is 4.45. The van der Waals surface area contributed by atoms with Crippen LogP contribution in [0.3, 0.4) is 0 Å². The summed E-state index contributed by atoms with van der Waals surface area (Å²) in [5, 5.41) is 12.1. The summed E-state index contributed by atoms with van der Waals surface area (Å²) in [7, 11) is 3.37. The van der Waals surface area contributed by atoms with Crippen LogP contribution >= 0.6 is 0 Å². The minimum absolute atomic E-state index is 0.141. The summed E-state index contributed by atoms with van der Waals surface area (Å²) in [6, 6.07) is 8.04. The van der Waals surface area contributed by atoms with Gasteiger partial charge in [-0.25, -0.2) is 9.67 Å². The van der Waals surface area contributed by atoms with Crippen molar-refractivity contribution in [3.05, 3.63) is 35.5 Å². The van der Waals surface area contributed by atoms with Gasteiger partial charge in [0.25, 0.3) is 0 Å². The number of ether oxygens (including phenoxy) is 2. The molecule has 1 atom stereocenters. The molecule has 0 unspecified atom stereocenters. The zero-order chi connectivity index (χ0) is 18.7. The lowest BCUT2D eigenvalue weighted by atomic mass is 10.2. The molecule has 0 fully saturated rings. The highest BCUT2D eigenvalue weighted by Crippen LogP contribution is 2.29. The van der Waals surface area contributed by atoms with Gasteiger partial charge in [0.15, 0.2) is 11.3 Å². The molecule has 7 heteroatoms. The van der Waals surface area contributed by atoms with E-state index in [-0.39, 0.29) is 6.04 Å². The first-order chi connectivity index (χ1) is 12.6. The molecule has 0 saturated carbocycles. The van der Waals surface area contributed by atoms with E-state index in [4.69, 9.17) is 9.47 Å². The molecule has 0 amide bonds. The van der Waals surface area contributed by atoms with Crippen molar-refractivity contribution in [1.29, 1.82) is 0 Å². The van der Waals surface area contributed by atoms with Gasteiger partial charge in [-0.3, -0.25) is 0 Å². The Morgan fingerprint density at radius 2 is 2.00 bits per heavy atom. The van der Waals surface area contributed by atoms with Gasteiger partial charge in [0.1, 0.15) is 5.75 Å². The van der Waals surface area contributed by atoms with Crippen molar-refractivity contribution < 1.29 is 9.47 Å². The number of hydrogen-bond donors (Lipinski definition) is 1. The van der Waals surface area contributed by atoms with E-state index in [1.807, 2.05) is 42.8 Å². The average molecular weight is 355 g/mol. The molecule has 7 nitrogen and oxygen atoms in total. The summed E-state index contributed by atoms with van der Waals surface area (Å²) in [6.07, 6.45) is 0.911. The van der Waals surface area contributed by atoms with Gasteiger partial charge in [0.05, 0.1) is 25.3 Å². The molecule has 26 heavy (non-hydrogen) atoms. The second-order valence-corrected chi connectivity index (χ2v) is 6.34. The predicted molar refractivity (Wildman–Crippen MR) is 102 cm³/mol. The monoisotopic (exact) mass is 355 g/mol. The first-order valence-electron chi connectivity index (χ1n) is 8.70. The molecule has 3 rings (SSSR count). The van der Waals surface area contributed by atoms with Crippen LogP contribution in [0.2, 0.25) is 0 Å². The minimum Gasteiger partial charge on any atom is -0.497 e. The molecule has 1 N–H and O–H groups in total. The maximum atomic E-state index is 5.33. The number of aromatic nitrogens is 4. The second kappa shape index (κ2) is 7.70. The van der Waals surface area contributed by atoms with Gasteiger partial charge in [0, 0.05) is 18.5 Å². The van der Waals surface area contributed by atoms with Crippen molar-refractivity contribution in [2.45, 2.75) is 33.2 Å². The SMILES string of the molecule is CC[C@H](COC)n1nnc2c(Nc3ccc(OC)cc3C)nc(C)cc21. The highest BCUT2D eigenvalue weighted by Gasteiger charge is 2.18. The number of pyridine rings is 1. The minimum atomic E-state index is 0.141. The number of hydrogen-bond acceptors (Lipinski definition) is 6. The molecule has 2 aromatic heterocycles. The van der Waals surface area contributed by atoms with Crippen molar-refractivity contribution in [2.75, 3.05) is 26.1 Å². The lowest BCUT2D eigenvalue weighted by Crippen LogP contribution is -2.15. The van der Waals surface area contributed by atoms with Crippen molar-refractivity contribution in [3.8, 4) is 5.75 Å². The van der Waals surface area contributed by atoms with Crippen molar-refractivity contribution in [3.63, 3.8) is 0 Å². The normalized spacial score (nSPS) is 12.3. The zero-order valence-corrected chi connectivity index (χ0v) is 15.9. The quantitative estimate of drug-likeness (QED) is 0.695. The highest BCUT2D eigenvalue weighted by atomic mass is 16.5. The van der Waals surface area contributed by atoms with Gasteiger partial charge < -0.3 is 14.8 Å². The maximum Gasteiger partial charge on any atom is 0.160 e. The molecule has 138 valence electrons. The van der Waals surface area contributed by atoms with E-state index >= 15 is 0 Å². The number of fused-ring (bicyclic) bond motifs is 1. The summed E-state index contributed by atoms with van der Waals surface area (Å²) in [4.78, 5) is 4.64. The van der Waals surface area contributed by atoms with Crippen LogP contribution in [0.1, 0.15) is 30.6 Å². The number of anilines is 2. The molecule has 0 aliphatic rings.